The molecule has 6 heteroatoms. The molecule has 6 nitrogen and oxygen atoms in total. The molecular formula is C18H22N2O4. The van der Waals surface area contributed by atoms with Crippen LogP contribution in [0.4, 0.5) is 5.69 Å². The van der Waals surface area contributed by atoms with Crippen molar-refractivity contribution in [3.8, 4) is 17.2 Å². The van der Waals surface area contributed by atoms with Crippen molar-refractivity contribution in [2.24, 2.45) is 5.73 Å². The lowest BCUT2D eigenvalue weighted by molar-refractivity contribution is -0.116. The standard InChI is InChI=1S/C18H22N2O4/c1-22-16-4-2-3-5-17(16)24-12-10-18(21)20-14-6-8-15(9-7-14)23-13-11-19/h2-9H,10-13,19H2,1H3,(H,20,21). The van der Waals surface area contributed by atoms with Gasteiger partial charge in [0.05, 0.1) is 20.1 Å². The Morgan fingerprint density at radius 3 is 2.38 bits per heavy atom. The van der Waals surface area contributed by atoms with Gasteiger partial charge in [-0.3, -0.25) is 4.79 Å². The van der Waals surface area contributed by atoms with Crippen LogP contribution in [0.5, 0.6) is 17.2 Å². The van der Waals surface area contributed by atoms with Crippen LogP contribution in [-0.4, -0.2) is 32.8 Å². The van der Waals surface area contributed by atoms with E-state index >= 15 is 0 Å². The van der Waals surface area contributed by atoms with Crippen LogP contribution in [0.1, 0.15) is 6.42 Å². The molecule has 0 fully saturated rings. The largest absolute Gasteiger partial charge is 0.493 e. The van der Waals surface area contributed by atoms with E-state index in [1.165, 1.54) is 0 Å². The molecule has 3 N–H and O–H groups in total. The molecule has 24 heavy (non-hydrogen) atoms. The maximum atomic E-state index is 11.9. The molecule has 1 amide bonds. The van der Waals surface area contributed by atoms with Gasteiger partial charge in [0.2, 0.25) is 5.91 Å². The average Bonchev–Trinajstić information content (AvgIpc) is 2.61. The highest BCUT2D eigenvalue weighted by atomic mass is 16.5. The number of rotatable bonds is 9. The highest BCUT2D eigenvalue weighted by Gasteiger charge is 2.06. The fourth-order valence-electron chi connectivity index (χ4n) is 2.03. The minimum absolute atomic E-state index is 0.125. The number of nitrogens with one attached hydrogen (secondary N) is 1. The first-order valence-electron chi connectivity index (χ1n) is 7.71. The molecule has 2 aromatic rings. The number of carbonyl (C=O) groups is 1. The summed E-state index contributed by atoms with van der Waals surface area (Å²) in [6.45, 7) is 1.20. The van der Waals surface area contributed by atoms with E-state index in [4.69, 9.17) is 19.9 Å². The summed E-state index contributed by atoms with van der Waals surface area (Å²) >= 11 is 0. The number of para-hydroxylation sites is 2. The highest BCUT2D eigenvalue weighted by molar-refractivity contribution is 5.90. The lowest BCUT2D eigenvalue weighted by Crippen LogP contribution is -2.15. The molecular weight excluding hydrogens is 308 g/mol. The van der Waals surface area contributed by atoms with E-state index in [-0.39, 0.29) is 18.9 Å². The zero-order valence-electron chi connectivity index (χ0n) is 13.7. The molecule has 0 saturated carbocycles. The van der Waals surface area contributed by atoms with Crippen LogP contribution in [0.25, 0.3) is 0 Å². The molecule has 0 atom stereocenters. The van der Waals surface area contributed by atoms with Crippen molar-refractivity contribution < 1.29 is 19.0 Å². The zero-order chi connectivity index (χ0) is 17.2. The van der Waals surface area contributed by atoms with Gasteiger partial charge in [-0.05, 0) is 36.4 Å². The van der Waals surface area contributed by atoms with Crippen molar-refractivity contribution in [3.05, 3.63) is 48.5 Å². The third-order valence-electron chi connectivity index (χ3n) is 3.18. The Morgan fingerprint density at radius 1 is 1.00 bits per heavy atom. The Morgan fingerprint density at radius 2 is 1.71 bits per heavy atom. The van der Waals surface area contributed by atoms with Crippen molar-refractivity contribution >= 4 is 11.6 Å². The first-order chi connectivity index (χ1) is 11.7. The third-order valence-corrected chi connectivity index (χ3v) is 3.18. The second-order valence-corrected chi connectivity index (χ2v) is 4.96. The fourth-order valence-corrected chi connectivity index (χ4v) is 2.03. The number of nitrogens with two attached hydrogens (primary N) is 1. The summed E-state index contributed by atoms with van der Waals surface area (Å²) in [5, 5.41) is 2.81. The molecule has 0 unspecified atom stereocenters. The Bertz CT molecular complexity index is 644. The summed E-state index contributed by atoms with van der Waals surface area (Å²) in [6, 6.07) is 14.5. The van der Waals surface area contributed by atoms with Crippen LogP contribution >= 0.6 is 0 Å². The Labute approximate surface area is 141 Å². The van der Waals surface area contributed by atoms with Gasteiger partial charge in [0.25, 0.3) is 0 Å². The Hall–Kier alpha value is -2.73. The minimum atomic E-state index is -0.125. The Kier molecular flexibility index (Phi) is 6.91. The molecule has 2 aromatic carbocycles. The minimum Gasteiger partial charge on any atom is -0.493 e. The Balaban J connectivity index is 1.77. The molecule has 2 rings (SSSR count). The maximum Gasteiger partial charge on any atom is 0.227 e. The second kappa shape index (κ2) is 9.42. The van der Waals surface area contributed by atoms with Gasteiger partial charge in [0, 0.05) is 12.2 Å². The molecule has 128 valence electrons. The van der Waals surface area contributed by atoms with E-state index in [1.807, 2.05) is 18.2 Å². The number of hydrogen-bond acceptors (Lipinski definition) is 5. The summed E-state index contributed by atoms with van der Waals surface area (Å²) in [5.41, 5.74) is 6.08. The number of methoxy groups -OCH3 is 1. The van der Waals surface area contributed by atoms with E-state index in [1.54, 1.807) is 37.4 Å². The van der Waals surface area contributed by atoms with Crippen molar-refractivity contribution in [2.45, 2.75) is 6.42 Å². The normalized spacial score (nSPS) is 10.1. The lowest BCUT2D eigenvalue weighted by atomic mass is 10.3. The van der Waals surface area contributed by atoms with Gasteiger partial charge in [0.1, 0.15) is 12.4 Å². The van der Waals surface area contributed by atoms with Gasteiger partial charge in [0.15, 0.2) is 11.5 Å². The molecule has 0 aliphatic carbocycles. The third kappa shape index (κ3) is 5.48. The molecule has 0 aromatic heterocycles. The number of amides is 1. The van der Waals surface area contributed by atoms with Crippen LogP contribution in [-0.2, 0) is 4.79 Å². The molecule has 0 bridgehead atoms. The monoisotopic (exact) mass is 330 g/mol. The van der Waals surface area contributed by atoms with E-state index in [0.29, 0.717) is 30.3 Å². The van der Waals surface area contributed by atoms with Crippen molar-refractivity contribution in [2.75, 3.05) is 32.2 Å². The van der Waals surface area contributed by atoms with Crippen LogP contribution < -0.4 is 25.3 Å². The zero-order valence-corrected chi connectivity index (χ0v) is 13.7. The molecule has 0 aliphatic rings. The highest BCUT2D eigenvalue weighted by Crippen LogP contribution is 2.25. The number of hydrogen-bond donors (Lipinski definition) is 2. The summed E-state index contributed by atoms with van der Waals surface area (Å²) < 4.78 is 16.2. The van der Waals surface area contributed by atoms with E-state index < -0.39 is 0 Å². The molecule has 0 heterocycles. The van der Waals surface area contributed by atoms with Crippen molar-refractivity contribution in [3.63, 3.8) is 0 Å². The number of anilines is 1. The predicted octanol–water partition coefficient (Wildman–Crippen LogP) is 2.44. The van der Waals surface area contributed by atoms with Crippen LogP contribution in [0.2, 0.25) is 0 Å². The molecule has 0 aliphatic heterocycles. The number of carbonyl (C=O) groups excluding carboxylic acids is 1. The number of ether oxygens (including phenoxy) is 3. The SMILES string of the molecule is COc1ccccc1OCCC(=O)Nc1ccc(OCCN)cc1. The van der Waals surface area contributed by atoms with E-state index in [2.05, 4.69) is 5.32 Å². The van der Waals surface area contributed by atoms with E-state index in [9.17, 15) is 4.79 Å². The quantitative estimate of drug-likeness (QED) is 0.738. The predicted molar refractivity (Wildman–Crippen MR) is 92.7 cm³/mol. The summed E-state index contributed by atoms with van der Waals surface area (Å²) in [7, 11) is 1.58. The van der Waals surface area contributed by atoms with Gasteiger partial charge in [-0.1, -0.05) is 12.1 Å². The van der Waals surface area contributed by atoms with Gasteiger partial charge < -0.3 is 25.3 Å². The van der Waals surface area contributed by atoms with Gasteiger partial charge >= 0.3 is 0 Å². The van der Waals surface area contributed by atoms with Crippen molar-refractivity contribution in [1.29, 1.82) is 0 Å². The van der Waals surface area contributed by atoms with Crippen LogP contribution in [0, 0.1) is 0 Å². The summed E-state index contributed by atoms with van der Waals surface area (Å²) in [6.07, 6.45) is 0.240. The van der Waals surface area contributed by atoms with Crippen molar-refractivity contribution in [1.82, 2.24) is 0 Å². The van der Waals surface area contributed by atoms with Gasteiger partial charge in [-0.15, -0.1) is 0 Å². The first-order valence-corrected chi connectivity index (χ1v) is 7.71. The van der Waals surface area contributed by atoms with Gasteiger partial charge in [-0.2, -0.15) is 0 Å². The number of benzene rings is 2. The van der Waals surface area contributed by atoms with Crippen LogP contribution in [0.15, 0.2) is 48.5 Å². The second-order valence-electron chi connectivity index (χ2n) is 4.96. The average molecular weight is 330 g/mol. The van der Waals surface area contributed by atoms with Crippen LogP contribution in [0.3, 0.4) is 0 Å². The molecule has 0 radical (unpaired) electrons. The maximum absolute atomic E-state index is 11.9. The topological polar surface area (TPSA) is 82.8 Å². The first kappa shape index (κ1) is 17.6. The summed E-state index contributed by atoms with van der Waals surface area (Å²) in [5.74, 6) is 1.86. The molecule has 0 saturated heterocycles. The smallest absolute Gasteiger partial charge is 0.227 e. The summed E-state index contributed by atoms with van der Waals surface area (Å²) in [4.78, 5) is 11.9. The molecule has 0 spiro atoms. The lowest BCUT2D eigenvalue weighted by Gasteiger charge is -2.10. The fraction of sp³-hybridized carbons (Fsp3) is 0.278. The van der Waals surface area contributed by atoms with Gasteiger partial charge in [-0.25, -0.2) is 0 Å². The van der Waals surface area contributed by atoms with E-state index in [0.717, 1.165) is 5.75 Å².